The van der Waals surface area contributed by atoms with Crippen molar-refractivity contribution in [2.24, 2.45) is 4.99 Å². The van der Waals surface area contributed by atoms with Gasteiger partial charge in [0, 0.05) is 12.7 Å². The Bertz CT molecular complexity index is 555. The molecule has 0 unspecified atom stereocenters. The van der Waals surface area contributed by atoms with Crippen molar-refractivity contribution in [2.45, 2.75) is 26.4 Å². The topological polar surface area (TPSA) is 36.4 Å². The maximum atomic E-state index is 12.6. The summed E-state index contributed by atoms with van der Waals surface area (Å²) < 4.78 is 37.7. The number of nitrogens with zero attached hydrogens (tertiary/aromatic N) is 1. The van der Waals surface area contributed by atoms with Gasteiger partial charge in [-0.05, 0) is 43.8 Å². The number of amidine groups is 1. The fraction of sp³-hybridized carbons (Fsp3) is 0.312. The number of alkyl halides is 3. The summed E-state index contributed by atoms with van der Waals surface area (Å²) in [5.41, 5.74) is 0.606. The Labute approximate surface area is 128 Å². The van der Waals surface area contributed by atoms with Gasteiger partial charge in [-0.3, -0.25) is 4.99 Å². The van der Waals surface area contributed by atoms with E-state index in [0.717, 1.165) is 18.6 Å². The number of aliphatic imine (C=N–C) groups is 1. The standard InChI is InChI=1S/C16H20F3N3/c1-4-6-14(15(20-3)21-11-5-2)22-13-9-7-12(8-10-13)16(17,18)19/h5-11,22H,4H2,1-3H3,(H,20,21)/b11-5-,14-6-. The van der Waals surface area contributed by atoms with Crippen LogP contribution < -0.4 is 10.6 Å². The highest BCUT2D eigenvalue weighted by Gasteiger charge is 2.29. The van der Waals surface area contributed by atoms with Crippen molar-refractivity contribution in [3.05, 3.63) is 53.9 Å². The summed E-state index contributed by atoms with van der Waals surface area (Å²) >= 11 is 0. The smallest absolute Gasteiger partial charge is 0.353 e. The molecule has 1 aromatic carbocycles. The van der Waals surface area contributed by atoms with Crippen LogP contribution in [0.5, 0.6) is 0 Å². The number of hydrogen-bond acceptors (Lipinski definition) is 2. The first kappa shape index (κ1) is 17.8. The molecule has 1 aromatic rings. The number of anilines is 1. The van der Waals surface area contributed by atoms with Gasteiger partial charge in [0.25, 0.3) is 0 Å². The van der Waals surface area contributed by atoms with Crippen molar-refractivity contribution in [1.82, 2.24) is 5.32 Å². The number of rotatable bonds is 5. The minimum Gasteiger partial charge on any atom is -0.353 e. The lowest BCUT2D eigenvalue weighted by Gasteiger charge is -2.14. The van der Waals surface area contributed by atoms with Gasteiger partial charge in [-0.1, -0.05) is 19.1 Å². The van der Waals surface area contributed by atoms with Crippen LogP contribution in [-0.2, 0) is 6.18 Å². The zero-order valence-electron chi connectivity index (χ0n) is 12.8. The minimum absolute atomic E-state index is 0.566. The van der Waals surface area contributed by atoms with Gasteiger partial charge in [-0.2, -0.15) is 13.2 Å². The Kier molecular flexibility index (Phi) is 6.69. The summed E-state index contributed by atoms with van der Waals surface area (Å²) in [4.78, 5) is 4.14. The first-order chi connectivity index (χ1) is 10.4. The summed E-state index contributed by atoms with van der Waals surface area (Å²) in [6.07, 6.45) is 1.91. The Hall–Kier alpha value is -2.24. The number of hydrogen-bond donors (Lipinski definition) is 2. The van der Waals surface area contributed by atoms with Crippen LogP contribution in [-0.4, -0.2) is 12.9 Å². The van der Waals surface area contributed by atoms with E-state index in [4.69, 9.17) is 0 Å². The zero-order chi connectivity index (χ0) is 16.6. The molecule has 22 heavy (non-hydrogen) atoms. The Morgan fingerprint density at radius 3 is 2.32 bits per heavy atom. The van der Waals surface area contributed by atoms with E-state index < -0.39 is 11.7 Å². The van der Waals surface area contributed by atoms with Crippen molar-refractivity contribution in [2.75, 3.05) is 12.4 Å². The summed E-state index contributed by atoms with van der Waals surface area (Å²) in [7, 11) is 1.64. The summed E-state index contributed by atoms with van der Waals surface area (Å²) in [6, 6.07) is 4.90. The van der Waals surface area contributed by atoms with Gasteiger partial charge in [0.1, 0.15) is 5.84 Å². The van der Waals surface area contributed by atoms with Crippen LogP contribution in [0.15, 0.2) is 53.3 Å². The molecule has 0 aliphatic heterocycles. The van der Waals surface area contributed by atoms with E-state index in [2.05, 4.69) is 15.6 Å². The highest BCUT2D eigenvalue weighted by Crippen LogP contribution is 2.30. The van der Waals surface area contributed by atoms with E-state index in [0.29, 0.717) is 17.2 Å². The fourth-order valence-electron chi connectivity index (χ4n) is 1.73. The summed E-state index contributed by atoms with van der Waals surface area (Å²) in [5, 5.41) is 6.10. The lowest BCUT2D eigenvalue weighted by molar-refractivity contribution is -0.137. The quantitative estimate of drug-likeness (QED) is 0.617. The molecule has 6 heteroatoms. The molecule has 0 amide bonds. The molecule has 0 atom stereocenters. The van der Waals surface area contributed by atoms with Gasteiger partial charge in [0.2, 0.25) is 0 Å². The molecule has 0 aliphatic carbocycles. The first-order valence-electron chi connectivity index (χ1n) is 6.91. The van der Waals surface area contributed by atoms with E-state index in [1.807, 2.05) is 26.0 Å². The zero-order valence-corrected chi connectivity index (χ0v) is 12.8. The van der Waals surface area contributed by atoms with Crippen molar-refractivity contribution < 1.29 is 13.2 Å². The molecule has 0 bridgehead atoms. The number of nitrogens with one attached hydrogen (secondary N) is 2. The highest BCUT2D eigenvalue weighted by molar-refractivity contribution is 6.01. The average molecular weight is 311 g/mol. The maximum absolute atomic E-state index is 12.6. The van der Waals surface area contributed by atoms with Gasteiger partial charge in [-0.25, -0.2) is 0 Å². The van der Waals surface area contributed by atoms with Crippen molar-refractivity contribution >= 4 is 11.5 Å². The number of benzene rings is 1. The Morgan fingerprint density at radius 1 is 1.23 bits per heavy atom. The predicted molar refractivity (Wildman–Crippen MR) is 84.7 cm³/mol. The molecule has 0 aliphatic rings. The van der Waals surface area contributed by atoms with Crippen LogP contribution >= 0.6 is 0 Å². The third kappa shape index (κ3) is 5.27. The molecule has 0 saturated carbocycles. The number of allylic oxidation sites excluding steroid dienone is 2. The van der Waals surface area contributed by atoms with Crippen LogP contribution in [0.2, 0.25) is 0 Å². The van der Waals surface area contributed by atoms with E-state index in [-0.39, 0.29) is 0 Å². The molecule has 3 nitrogen and oxygen atoms in total. The van der Waals surface area contributed by atoms with E-state index >= 15 is 0 Å². The lowest BCUT2D eigenvalue weighted by atomic mass is 10.2. The number of halogens is 3. The van der Waals surface area contributed by atoms with Gasteiger partial charge in [0.15, 0.2) is 0 Å². The molecule has 0 aromatic heterocycles. The van der Waals surface area contributed by atoms with Crippen LogP contribution in [0.4, 0.5) is 18.9 Å². The Morgan fingerprint density at radius 2 is 1.86 bits per heavy atom. The van der Waals surface area contributed by atoms with Crippen LogP contribution in [0.1, 0.15) is 25.8 Å². The lowest BCUT2D eigenvalue weighted by Crippen LogP contribution is -2.24. The summed E-state index contributed by atoms with van der Waals surface area (Å²) in [6.45, 7) is 3.84. The molecule has 0 heterocycles. The second-order valence-electron chi connectivity index (χ2n) is 4.44. The maximum Gasteiger partial charge on any atom is 0.416 e. The molecule has 2 N–H and O–H groups in total. The molecule has 0 spiro atoms. The van der Waals surface area contributed by atoms with E-state index in [1.165, 1.54) is 12.1 Å². The second kappa shape index (κ2) is 8.26. The Balaban J connectivity index is 2.94. The second-order valence-corrected chi connectivity index (χ2v) is 4.44. The van der Waals surface area contributed by atoms with Gasteiger partial charge < -0.3 is 10.6 Å². The first-order valence-corrected chi connectivity index (χ1v) is 6.91. The van der Waals surface area contributed by atoms with Gasteiger partial charge >= 0.3 is 6.18 Å². The fourth-order valence-corrected chi connectivity index (χ4v) is 1.73. The largest absolute Gasteiger partial charge is 0.416 e. The van der Waals surface area contributed by atoms with Crippen LogP contribution in [0.3, 0.4) is 0 Å². The molecule has 1 rings (SSSR count). The third-order valence-electron chi connectivity index (χ3n) is 2.76. The average Bonchev–Trinajstić information content (AvgIpc) is 2.47. The molecule has 0 saturated heterocycles. The normalized spacial score (nSPS) is 13.5. The van der Waals surface area contributed by atoms with E-state index in [9.17, 15) is 13.2 Å². The molecular weight excluding hydrogens is 291 g/mol. The molecule has 120 valence electrons. The molecule has 0 fully saturated rings. The monoisotopic (exact) mass is 311 g/mol. The van der Waals surface area contributed by atoms with Gasteiger partial charge in [0.05, 0.1) is 11.3 Å². The third-order valence-corrected chi connectivity index (χ3v) is 2.76. The SMILES string of the molecule is C/C=C\NC(=NC)/C(=C/CC)Nc1ccc(C(F)(F)F)cc1. The highest BCUT2D eigenvalue weighted by atomic mass is 19.4. The van der Waals surface area contributed by atoms with Crippen molar-refractivity contribution in [3.63, 3.8) is 0 Å². The molecular formula is C16H20F3N3. The predicted octanol–water partition coefficient (Wildman–Crippen LogP) is 4.56. The van der Waals surface area contributed by atoms with Crippen molar-refractivity contribution in [3.8, 4) is 0 Å². The van der Waals surface area contributed by atoms with E-state index in [1.54, 1.807) is 13.2 Å². The van der Waals surface area contributed by atoms with Crippen molar-refractivity contribution in [1.29, 1.82) is 0 Å². The molecule has 0 radical (unpaired) electrons. The van der Waals surface area contributed by atoms with Crippen LogP contribution in [0, 0.1) is 0 Å². The minimum atomic E-state index is -4.33. The van der Waals surface area contributed by atoms with Crippen LogP contribution in [0.25, 0.3) is 0 Å². The van der Waals surface area contributed by atoms with Gasteiger partial charge in [-0.15, -0.1) is 0 Å². The summed E-state index contributed by atoms with van der Waals surface area (Å²) in [5.74, 6) is 0.611.